The maximum atomic E-state index is 13.0. The van der Waals surface area contributed by atoms with Crippen LogP contribution in [0, 0.1) is 5.82 Å². The fourth-order valence-electron chi connectivity index (χ4n) is 2.51. The Balaban J connectivity index is 1.83. The molecule has 1 amide bonds. The second kappa shape index (κ2) is 6.39. The van der Waals surface area contributed by atoms with E-state index in [-0.39, 0.29) is 23.7 Å². The van der Waals surface area contributed by atoms with Gasteiger partial charge in [-0.05, 0) is 36.6 Å². The Bertz CT molecular complexity index is 872. The lowest BCUT2D eigenvalue weighted by atomic mass is 10.1. The Kier molecular flexibility index (Phi) is 4.29. The fraction of sp³-hybridized carbons (Fsp3) is 0.278. The van der Waals surface area contributed by atoms with E-state index in [1.807, 2.05) is 20.8 Å². The van der Waals surface area contributed by atoms with Crippen LogP contribution in [0.3, 0.4) is 0 Å². The number of hydrogen-bond donors (Lipinski definition) is 1. The topological polar surface area (TPSA) is 68.0 Å². The number of aromatic nitrogens is 2. The zero-order valence-corrected chi connectivity index (χ0v) is 13.7. The number of hydrogen-bond acceptors (Lipinski definition) is 4. The third kappa shape index (κ3) is 3.13. The molecular weight excluding hydrogens is 309 g/mol. The molecule has 2 aromatic heterocycles. The van der Waals surface area contributed by atoms with Crippen molar-refractivity contribution < 1.29 is 13.7 Å². The summed E-state index contributed by atoms with van der Waals surface area (Å²) >= 11 is 0. The minimum Gasteiger partial charge on any atom is -0.345 e. The van der Waals surface area contributed by atoms with Gasteiger partial charge in [0, 0.05) is 6.20 Å². The molecule has 0 fully saturated rings. The normalized spacial score (nSPS) is 12.5. The lowest BCUT2D eigenvalue weighted by Crippen LogP contribution is -2.26. The number of pyridine rings is 1. The van der Waals surface area contributed by atoms with Gasteiger partial charge in [0.25, 0.3) is 11.6 Å². The summed E-state index contributed by atoms with van der Waals surface area (Å²) < 4.78 is 18.2. The molecule has 5 nitrogen and oxygen atoms in total. The van der Waals surface area contributed by atoms with Gasteiger partial charge < -0.3 is 9.84 Å². The van der Waals surface area contributed by atoms with Gasteiger partial charge in [0.05, 0.1) is 22.7 Å². The number of benzene rings is 1. The number of fused-ring (bicyclic) bond motifs is 1. The first-order valence-corrected chi connectivity index (χ1v) is 7.77. The summed E-state index contributed by atoms with van der Waals surface area (Å²) in [4.78, 5) is 16.6. The predicted molar refractivity (Wildman–Crippen MR) is 88.2 cm³/mol. The molecule has 1 atom stereocenters. The molecule has 1 aromatic carbocycles. The molecule has 1 N–H and O–H groups in total. The molecule has 0 saturated carbocycles. The van der Waals surface area contributed by atoms with Crippen molar-refractivity contribution in [2.24, 2.45) is 0 Å². The first-order valence-electron chi connectivity index (χ1n) is 7.77. The van der Waals surface area contributed by atoms with E-state index in [1.165, 1.54) is 18.3 Å². The zero-order valence-electron chi connectivity index (χ0n) is 13.7. The first kappa shape index (κ1) is 16.1. The van der Waals surface area contributed by atoms with Crippen LogP contribution in [0.4, 0.5) is 4.39 Å². The van der Waals surface area contributed by atoms with Gasteiger partial charge in [0.15, 0.2) is 0 Å². The van der Waals surface area contributed by atoms with Gasteiger partial charge in [-0.25, -0.2) is 9.37 Å². The molecule has 0 aliphatic heterocycles. The SMILES string of the molecule is CC(C)c1noc2ncc(C(=O)NC(C)c3ccc(F)cc3)cc12. The maximum absolute atomic E-state index is 13.0. The fourth-order valence-corrected chi connectivity index (χ4v) is 2.51. The molecule has 0 aliphatic carbocycles. The molecule has 2 heterocycles. The average molecular weight is 327 g/mol. The third-order valence-corrected chi connectivity index (χ3v) is 3.88. The zero-order chi connectivity index (χ0) is 17.3. The van der Waals surface area contributed by atoms with Crippen molar-refractivity contribution in [2.45, 2.75) is 32.7 Å². The van der Waals surface area contributed by atoms with Crippen LogP contribution in [-0.2, 0) is 0 Å². The van der Waals surface area contributed by atoms with Crippen molar-refractivity contribution in [3.8, 4) is 0 Å². The van der Waals surface area contributed by atoms with Gasteiger partial charge in [-0.1, -0.05) is 31.1 Å². The minimum absolute atomic E-state index is 0.171. The summed E-state index contributed by atoms with van der Waals surface area (Å²) in [5.41, 5.74) is 2.45. The van der Waals surface area contributed by atoms with Gasteiger partial charge in [-0.3, -0.25) is 4.79 Å². The highest BCUT2D eigenvalue weighted by Gasteiger charge is 2.17. The molecule has 124 valence electrons. The summed E-state index contributed by atoms with van der Waals surface area (Å²) in [6.07, 6.45) is 1.46. The van der Waals surface area contributed by atoms with Crippen LogP contribution < -0.4 is 5.32 Å². The van der Waals surface area contributed by atoms with Gasteiger partial charge in [0.1, 0.15) is 5.82 Å². The number of halogens is 1. The molecule has 1 unspecified atom stereocenters. The maximum Gasteiger partial charge on any atom is 0.257 e. The van der Waals surface area contributed by atoms with E-state index in [2.05, 4.69) is 15.5 Å². The van der Waals surface area contributed by atoms with E-state index in [0.29, 0.717) is 11.3 Å². The van der Waals surface area contributed by atoms with Crippen LogP contribution >= 0.6 is 0 Å². The van der Waals surface area contributed by atoms with E-state index < -0.39 is 0 Å². The molecule has 6 heteroatoms. The first-order chi connectivity index (χ1) is 11.5. The average Bonchev–Trinajstić information content (AvgIpc) is 2.98. The van der Waals surface area contributed by atoms with Crippen LogP contribution in [0.5, 0.6) is 0 Å². The largest absolute Gasteiger partial charge is 0.345 e. The van der Waals surface area contributed by atoms with Crippen molar-refractivity contribution in [2.75, 3.05) is 0 Å². The minimum atomic E-state index is -0.305. The van der Waals surface area contributed by atoms with Crippen LogP contribution in [0.1, 0.15) is 54.3 Å². The quantitative estimate of drug-likeness (QED) is 0.787. The molecule has 0 spiro atoms. The molecule has 0 radical (unpaired) electrons. The number of rotatable bonds is 4. The molecule has 3 aromatic rings. The standard InChI is InChI=1S/C18H18FN3O2/c1-10(2)16-15-8-13(9-20-18(15)24-22-16)17(23)21-11(3)12-4-6-14(19)7-5-12/h4-11H,1-3H3,(H,21,23). The summed E-state index contributed by atoms with van der Waals surface area (Å²) in [5.74, 6) is -0.387. The van der Waals surface area contributed by atoms with E-state index in [1.54, 1.807) is 18.2 Å². The number of nitrogens with zero attached hydrogens (tertiary/aromatic N) is 2. The Morgan fingerprint density at radius 1 is 1.21 bits per heavy atom. The second-order valence-electron chi connectivity index (χ2n) is 6.05. The Labute approximate surface area is 138 Å². The molecule has 0 aliphatic rings. The summed E-state index contributed by atoms with van der Waals surface area (Å²) in [7, 11) is 0. The number of carbonyl (C=O) groups excluding carboxylic acids is 1. The number of carbonyl (C=O) groups is 1. The van der Waals surface area contributed by atoms with E-state index >= 15 is 0 Å². The Morgan fingerprint density at radius 3 is 2.58 bits per heavy atom. The van der Waals surface area contributed by atoms with Gasteiger partial charge in [-0.2, -0.15) is 0 Å². The lowest BCUT2D eigenvalue weighted by molar-refractivity contribution is 0.0939. The predicted octanol–water partition coefficient (Wildman–Crippen LogP) is 3.98. The third-order valence-electron chi connectivity index (χ3n) is 3.88. The number of nitrogens with one attached hydrogen (secondary N) is 1. The van der Waals surface area contributed by atoms with E-state index in [9.17, 15) is 9.18 Å². The molecule has 0 saturated heterocycles. The van der Waals surface area contributed by atoms with Crippen LogP contribution in [0.15, 0.2) is 41.1 Å². The van der Waals surface area contributed by atoms with Crippen LogP contribution in [0.25, 0.3) is 11.1 Å². The van der Waals surface area contributed by atoms with Crippen LogP contribution in [0.2, 0.25) is 0 Å². The molecule has 24 heavy (non-hydrogen) atoms. The molecule has 3 rings (SSSR count). The number of amides is 1. The Hall–Kier alpha value is -2.76. The van der Waals surface area contributed by atoms with Crippen LogP contribution in [-0.4, -0.2) is 16.0 Å². The Morgan fingerprint density at radius 2 is 1.92 bits per heavy atom. The van der Waals surface area contributed by atoms with Crippen molar-refractivity contribution in [3.05, 3.63) is 59.2 Å². The second-order valence-corrected chi connectivity index (χ2v) is 6.05. The molecule has 0 bridgehead atoms. The lowest BCUT2D eigenvalue weighted by Gasteiger charge is -2.14. The smallest absolute Gasteiger partial charge is 0.257 e. The van der Waals surface area contributed by atoms with Crippen molar-refractivity contribution in [3.63, 3.8) is 0 Å². The van der Waals surface area contributed by atoms with E-state index in [0.717, 1.165) is 16.6 Å². The summed E-state index contributed by atoms with van der Waals surface area (Å²) in [6, 6.07) is 7.54. The molecular formula is C18H18FN3O2. The highest BCUT2D eigenvalue weighted by molar-refractivity contribution is 5.97. The van der Waals surface area contributed by atoms with Gasteiger partial charge in [0.2, 0.25) is 0 Å². The van der Waals surface area contributed by atoms with Gasteiger partial charge in [-0.15, -0.1) is 0 Å². The van der Waals surface area contributed by atoms with Crippen molar-refractivity contribution >= 4 is 17.0 Å². The highest BCUT2D eigenvalue weighted by atomic mass is 19.1. The monoisotopic (exact) mass is 327 g/mol. The summed E-state index contributed by atoms with van der Waals surface area (Å²) in [6.45, 7) is 5.84. The van der Waals surface area contributed by atoms with Crippen molar-refractivity contribution in [1.82, 2.24) is 15.5 Å². The van der Waals surface area contributed by atoms with Gasteiger partial charge >= 0.3 is 0 Å². The van der Waals surface area contributed by atoms with E-state index in [4.69, 9.17) is 4.52 Å². The highest BCUT2D eigenvalue weighted by Crippen LogP contribution is 2.24. The summed E-state index contributed by atoms with van der Waals surface area (Å²) in [5, 5.41) is 7.64. The van der Waals surface area contributed by atoms with Crippen molar-refractivity contribution in [1.29, 1.82) is 0 Å².